The van der Waals surface area contributed by atoms with Gasteiger partial charge < -0.3 is 10.1 Å². The van der Waals surface area contributed by atoms with E-state index in [4.69, 9.17) is 4.74 Å². The largest absolute Gasteiger partial charge is 0.369 e. The number of benzene rings is 1. The van der Waals surface area contributed by atoms with Gasteiger partial charge in [-0.05, 0) is 44.1 Å². The van der Waals surface area contributed by atoms with E-state index in [0.717, 1.165) is 12.6 Å². The van der Waals surface area contributed by atoms with E-state index in [1.54, 1.807) is 0 Å². The van der Waals surface area contributed by atoms with Crippen molar-refractivity contribution < 1.29 is 4.74 Å². The minimum absolute atomic E-state index is 0.205. The van der Waals surface area contributed by atoms with Gasteiger partial charge in [-0.3, -0.25) is 0 Å². The number of aryl methyl sites for hydroxylation is 1. The van der Waals surface area contributed by atoms with Gasteiger partial charge in [0.05, 0.1) is 12.2 Å². The quantitative estimate of drug-likeness (QED) is 0.838. The molecule has 3 atom stereocenters. The molecule has 0 heterocycles. The monoisotopic (exact) mass is 287 g/mol. The summed E-state index contributed by atoms with van der Waals surface area (Å²) in [5, 5.41) is 3.65. The maximum Gasteiger partial charge on any atom is 0.0953 e. The van der Waals surface area contributed by atoms with Crippen LogP contribution in [0.15, 0.2) is 24.3 Å². The van der Waals surface area contributed by atoms with Gasteiger partial charge in [0.15, 0.2) is 0 Å². The second kappa shape index (κ2) is 6.93. The molecule has 21 heavy (non-hydrogen) atoms. The highest BCUT2D eigenvalue weighted by Crippen LogP contribution is 2.31. The third-order valence-corrected chi connectivity index (χ3v) is 4.99. The first kappa shape index (κ1) is 15.1. The van der Waals surface area contributed by atoms with Crippen molar-refractivity contribution in [1.29, 1.82) is 0 Å². The molecule has 0 bridgehead atoms. The second-order valence-electron chi connectivity index (χ2n) is 7.02. The third kappa shape index (κ3) is 4.31. The van der Waals surface area contributed by atoms with E-state index in [1.165, 1.54) is 49.7 Å². The normalized spacial score (nSPS) is 27.5. The molecule has 2 aliphatic carbocycles. The Bertz CT molecular complexity index is 437. The Hall–Kier alpha value is -0.860. The molecule has 116 valence electrons. The zero-order chi connectivity index (χ0) is 14.7. The molecule has 1 aromatic carbocycles. The van der Waals surface area contributed by atoms with Crippen LogP contribution in [0.4, 0.5) is 0 Å². The Morgan fingerprint density at radius 2 is 1.81 bits per heavy atom. The lowest BCUT2D eigenvalue weighted by Crippen LogP contribution is -2.32. The first-order chi connectivity index (χ1) is 10.2. The highest BCUT2D eigenvalue weighted by molar-refractivity contribution is 5.23. The second-order valence-corrected chi connectivity index (χ2v) is 7.02. The van der Waals surface area contributed by atoms with Crippen molar-refractivity contribution in [2.24, 2.45) is 5.92 Å². The van der Waals surface area contributed by atoms with Crippen LogP contribution in [0, 0.1) is 12.8 Å². The van der Waals surface area contributed by atoms with Gasteiger partial charge in [0, 0.05) is 12.6 Å². The fraction of sp³-hybridized carbons (Fsp3) is 0.684. The van der Waals surface area contributed by atoms with Gasteiger partial charge in [-0.1, -0.05) is 49.6 Å². The Labute approximate surface area is 129 Å². The highest BCUT2D eigenvalue weighted by atomic mass is 16.5. The minimum Gasteiger partial charge on any atom is -0.369 e. The van der Waals surface area contributed by atoms with Crippen LogP contribution >= 0.6 is 0 Å². The van der Waals surface area contributed by atoms with Crippen LogP contribution in [-0.4, -0.2) is 18.7 Å². The molecule has 2 saturated carbocycles. The van der Waals surface area contributed by atoms with Crippen molar-refractivity contribution in [1.82, 2.24) is 5.32 Å². The van der Waals surface area contributed by atoms with Gasteiger partial charge in [-0.25, -0.2) is 0 Å². The van der Waals surface area contributed by atoms with Crippen molar-refractivity contribution in [3.05, 3.63) is 35.4 Å². The maximum atomic E-state index is 6.55. The summed E-state index contributed by atoms with van der Waals surface area (Å²) in [4.78, 5) is 0. The average molecular weight is 287 g/mol. The predicted molar refractivity (Wildman–Crippen MR) is 87.4 cm³/mol. The lowest BCUT2D eigenvalue weighted by Gasteiger charge is -2.33. The zero-order valence-electron chi connectivity index (χ0n) is 13.5. The first-order valence-corrected chi connectivity index (χ1v) is 8.68. The van der Waals surface area contributed by atoms with Crippen LogP contribution in [0.25, 0.3) is 0 Å². The summed E-state index contributed by atoms with van der Waals surface area (Å²) in [5.41, 5.74) is 2.64. The van der Waals surface area contributed by atoms with Crippen molar-refractivity contribution >= 4 is 0 Å². The standard InChI is InChI=1S/C19H29NO/c1-14-7-9-16(10-8-14)19(13-20-17-11-12-17)21-18-6-4-3-5-15(18)2/h7-10,15,17-20H,3-6,11-13H2,1-2H3. The molecule has 2 fully saturated rings. The summed E-state index contributed by atoms with van der Waals surface area (Å²) >= 11 is 0. The molecule has 0 saturated heterocycles. The highest BCUT2D eigenvalue weighted by Gasteiger charge is 2.27. The van der Waals surface area contributed by atoms with Gasteiger partial charge in [0.2, 0.25) is 0 Å². The van der Waals surface area contributed by atoms with Crippen LogP contribution in [0.1, 0.15) is 62.7 Å². The fourth-order valence-corrected chi connectivity index (χ4v) is 3.28. The molecule has 2 nitrogen and oxygen atoms in total. The summed E-state index contributed by atoms with van der Waals surface area (Å²) in [6.45, 7) is 5.45. The summed E-state index contributed by atoms with van der Waals surface area (Å²) in [7, 11) is 0. The first-order valence-electron chi connectivity index (χ1n) is 8.68. The summed E-state index contributed by atoms with van der Waals surface area (Å²) in [5.74, 6) is 0.702. The lowest BCUT2D eigenvalue weighted by molar-refractivity contribution is -0.0565. The summed E-state index contributed by atoms with van der Waals surface area (Å²) in [6.07, 6.45) is 8.56. The molecule has 0 amide bonds. The fourth-order valence-electron chi connectivity index (χ4n) is 3.28. The smallest absolute Gasteiger partial charge is 0.0953 e. The zero-order valence-corrected chi connectivity index (χ0v) is 13.5. The van der Waals surface area contributed by atoms with E-state index in [9.17, 15) is 0 Å². The molecule has 0 radical (unpaired) electrons. The van der Waals surface area contributed by atoms with Crippen LogP contribution in [0.5, 0.6) is 0 Å². The number of ether oxygens (including phenoxy) is 1. The van der Waals surface area contributed by atoms with Crippen LogP contribution in [-0.2, 0) is 4.74 Å². The molecular weight excluding hydrogens is 258 g/mol. The number of nitrogens with one attached hydrogen (secondary N) is 1. The third-order valence-electron chi connectivity index (χ3n) is 4.99. The van der Waals surface area contributed by atoms with Gasteiger partial charge in [-0.2, -0.15) is 0 Å². The molecule has 0 spiro atoms. The van der Waals surface area contributed by atoms with Gasteiger partial charge in [0.1, 0.15) is 0 Å². The lowest BCUT2D eigenvalue weighted by atomic mass is 9.87. The van der Waals surface area contributed by atoms with E-state index >= 15 is 0 Å². The summed E-state index contributed by atoms with van der Waals surface area (Å²) in [6, 6.07) is 9.62. The SMILES string of the molecule is Cc1ccc(C(CNC2CC2)OC2CCCCC2C)cc1. The van der Waals surface area contributed by atoms with E-state index in [0.29, 0.717) is 12.0 Å². The van der Waals surface area contributed by atoms with E-state index in [1.807, 2.05) is 0 Å². The predicted octanol–water partition coefficient (Wildman–Crippen LogP) is 4.38. The van der Waals surface area contributed by atoms with Crippen molar-refractivity contribution in [2.75, 3.05) is 6.54 Å². The maximum absolute atomic E-state index is 6.55. The minimum atomic E-state index is 0.205. The summed E-state index contributed by atoms with van der Waals surface area (Å²) < 4.78 is 6.55. The molecule has 0 aromatic heterocycles. The van der Waals surface area contributed by atoms with E-state index in [2.05, 4.69) is 43.4 Å². The average Bonchev–Trinajstić information content (AvgIpc) is 3.31. The Kier molecular flexibility index (Phi) is 4.97. The van der Waals surface area contributed by atoms with Crippen LogP contribution < -0.4 is 5.32 Å². The van der Waals surface area contributed by atoms with Gasteiger partial charge in [0.25, 0.3) is 0 Å². The Balaban J connectivity index is 1.66. The Morgan fingerprint density at radius 1 is 1.10 bits per heavy atom. The number of hydrogen-bond acceptors (Lipinski definition) is 2. The van der Waals surface area contributed by atoms with E-state index < -0.39 is 0 Å². The molecule has 3 rings (SSSR count). The number of rotatable bonds is 6. The van der Waals surface area contributed by atoms with Crippen LogP contribution in [0.3, 0.4) is 0 Å². The Morgan fingerprint density at radius 3 is 2.48 bits per heavy atom. The van der Waals surface area contributed by atoms with Crippen molar-refractivity contribution in [2.45, 2.75) is 70.6 Å². The molecular formula is C19H29NO. The number of hydrogen-bond donors (Lipinski definition) is 1. The molecule has 1 N–H and O–H groups in total. The topological polar surface area (TPSA) is 21.3 Å². The van der Waals surface area contributed by atoms with Gasteiger partial charge in [-0.15, -0.1) is 0 Å². The van der Waals surface area contributed by atoms with Crippen LogP contribution in [0.2, 0.25) is 0 Å². The molecule has 3 unspecified atom stereocenters. The van der Waals surface area contributed by atoms with Gasteiger partial charge >= 0.3 is 0 Å². The van der Waals surface area contributed by atoms with E-state index in [-0.39, 0.29) is 6.10 Å². The molecule has 2 aliphatic rings. The van der Waals surface area contributed by atoms with Crippen molar-refractivity contribution in [3.63, 3.8) is 0 Å². The molecule has 2 heteroatoms. The molecule has 0 aliphatic heterocycles. The van der Waals surface area contributed by atoms with Crippen molar-refractivity contribution in [3.8, 4) is 0 Å². The molecule has 1 aromatic rings.